The average molecular weight is 295 g/mol. The molecule has 0 radical (unpaired) electrons. The van der Waals surface area contributed by atoms with E-state index in [0.717, 1.165) is 29.2 Å². The highest BCUT2D eigenvalue weighted by molar-refractivity contribution is 5.89. The van der Waals surface area contributed by atoms with Gasteiger partial charge in [0.2, 0.25) is 0 Å². The second kappa shape index (κ2) is 5.27. The lowest BCUT2D eigenvalue weighted by atomic mass is 9.74. The van der Waals surface area contributed by atoms with Crippen molar-refractivity contribution >= 4 is 10.8 Å². The number of fused-ring (bicyclic) bond motifs is 3. The first-order chi connectivity index (χ1) is 10.6. The summed E-state index contributed by atoms with van der Waals surface area (Å²) in [5.74, 6) is 3.37. The molecule has 2 nitrogen and oxygen atoms in total. The zero-order valence-corrected chi connectivity index (χ0v) is 13.5. The van der Waals surface area contributed by atoms with Crippen LogP contribution in [0.5, 0.6) is 5.75 Å². The molecule has 0 aromatic heterocycles. The molecule has 0 aliphatic heterocycles. The number of phenolic OH excluding ortho intramolecular Hbond substituents is 1. The van der Waals surface area contributed by atoms with Crippen molar-refractivity contribution < 1.29 is 5.11 Å². The largest absolute Gasteiger partial charge is 0.507 e. The van der Waals surface area contributed by atoms with E-state index >= 15 is 0 Å². The van der Waals surface area contributed by atoms with Gasteiger partial charge in [0.1, 0.15) is 5.75 Å². The van der Waals surface area contributed by atoms with Gasteiger partial charge < -0.3 is 10.0 Å². The van der Waals surface area contributed by atoms with Crippen molar-refractivity contribution in [3.63, 3.8) is 0 Å². The molecule has 0 amide bonds. The number of nitrogens with zero attached hydrogens (tertiary/aromatic N) is 1. The first-order valence-electron chi connectivity index (χ1n) is 8.50. The van der Waals surface area contributed by atoms with Gasteiger partial charge in [0.15, 0.2) is 0 Å². The van der Waals surface area contributed by atoms with Crippen LogP contribution in [0.3, 0.4) is 0 Å². The molecule has 1 N–H and O–H groups in total. The first kappa shape index (κ1) is 14.1. The molecule has 0 spiro atoms. The Kier molecular flexibility index (Phi) is 3.37. The van der Waals surface area contributed by atoms with Gasteiger partial charge in [0, 0.05) is 11.9 Å². The highest BCUT2D eigenvalue weighted by atomic mass is 16.3. The smallest absolute Gasteiger partial charge is 0.126 e. The maximum Gasteiger partial charge on any atom is 0.126 e. The zero-order chi connectivity index (χ0) is 15.3. The van der Waals surface area contributed by atoms with Crippen LogP contribution >= 0.6 is 0 Å². The van der Waals surface area contributed by atoms with Crippen molar-refractivity contribution in [2.75, 3.05) is 20.6 Å². The Morgan fingerprint density at radius 3 is 2.64 bits per heavy atom. The highest BCUT2D eigenvalue weighted by Gasteiger charge is 2.48. The molecule has 2 aromatic rings. The molecular weight excluding hydrogens is 270 g/mol. The van der Waals surface area contributed by atoms with Crippen molar-refractivity contribution in [1.29, 1.82) is 0 Å². The highest BCUT2D eigenvalue weighted by Crippen LogP contribution is 2.58. The number of hydrogen-bond donors (Lipinski definition) is 1. The predicted molar refractivity (Wildman–Crippen MR) is 91.2 cm³/mol. The monoisotopic (exact) mass is 295 g/mol. The second-order valence-electron chi connectivity index (χ2n) is 7.51. The topological polar surface area (TPSA) is 23.5 Å². The third-order valence-electron chi connectivity index (χ3n) is 5.96. The van der Waals surface area contributed by atoms with E-state index in [9.17, 15) is 5.11 Å². The van der Waals surface area contributed by atoms with Gasteiger partial charge in [-0.3, -0.25) is 0 Å². The summed E-state index contributed by atoms with van der Waals surface area (Å²) in [6, 6.07) is 12.5. The summed E-state index contributed by atoms with van der Waals surface area (Å²) in [6.45, 7) is 1.14. The van der Waals surface area contributed by atoms with Crippen LogP contribution in [-0.2, 0) is 0 Å². The molecule has 0 heterocycles. The SMILES string of the molecule is CN(C)CC1C2CCC(C2)C1c1ccc2ccccc2c1O. The van der Waals surface area contributed by atoms with Crippen molar-refractivity contribution in [1.82, 2.24) is 4.90 Å². The lowest BCUT2D eigenvalue weighted by Gasteiger charge is -2.34. The van der Waals surface area contributed by atoms with E-state index in [2.05, 4.69) is 37.2 Å². The second-order valence-corrected chi connectivity index (χ2v) is 7.51. The Bertz CT molecular complexity index is 693. The zero-order valence-electron chi connectivity index (χ0n) is 13.5. The van der Waals surface area contributed by atoms with Crippen LogP contribution in [-0.4, -0.2) is 30.6 Å². The lowest BCUT2D eigenvalue weighted by molar-refractivity contribution is 0.217. The van der Waals surface area contributed by atoms with Crippen LogP contribution in [0.25, 0.3) is 10.8 Å². The number of aromatic hydroxyl groups is 1. The van der Waals surface area contributed by atoms with E-state index in [1.165, 1.54) is 24.8 Å². The molecule has 4 atom stereocenters. The predicted octanol–water partition coefficient (Wildman–Crippen LogP) is 4.24. The Balaban J connectivity index is 1.78. The summed E-state index contributed by atoms with van der Waals surface area (Å²) in [5.41, 5.74) is 1.19. The number of hydrogen-bond acceptors (Lipinski definition) is 2. The van der Waals surface area contributed by atoms with Gasteiger partial charge >= 0.3 is 0 Å². The fourth-order valence-electron chi connectivity index (χ4n) is 5.12. The molecule has 2 aliphatic carbocycles. The minimum absolute atomic E-state index is 0.527. The van der Waals surface area contributed by atoms with Crippen molar-refractivity contribution in [2.24, 2.45) is 17.8 Å². The molecule has 2 fully saturated rings. The summed E-state index contributed by atoms with van der Waals surface area (Å²) >= 11 is 0. The number of phenols is 1. The quantitative estimate of drug-likeness (QED) is 0.915. The third-order valence-corrected chi connectivity index (χ3v) is 5.96. The van der Waals surface area contributed by atoms with Gasteiger partial charge in [-0.2, -0.15) is 0 Å². The number of benzene rings is 2. The van der Waals surface area contributed by atoms with E-state index in [4.69, 9.17) is 0 Å². The molecule has 116 valence electrons. The van der Waals surface area contributed by atoms with Crippen LogP contribution in [0.2, 0.25) is 0 Å². The minimum Gasteiger partial charge on any atom is -0.507 e. The van der Waals surface area contributed by atoms with Gasteiger partial charge in [-0.15, -0.1) is 0 Å². The molecule has 22 heavy (non-hydrogen) atoms. The van der Waals surface area contributed by atoms with Crippen molar-refractivity contribution in [3.8, 4) is 5.75 Å². The molecule has 2 heteroatoms. The summed E-state index contributed by atoms with van der Waals surface area (Å²) < 4.78 is 0. The van der Waals surface area contributed by atoms with Crippen LogP contribution in [0.4, 0.5) is 0 Å². The Morgan fingerprint density at radius 2 is 1.82 bits per heavy atom. The van der Waals surface area contributed by atoms with Crippen LogP contribution in [0, 0.1) is 17.8 Å². The minimum atomic E-state index is 0.527. The molecule has 4 unspecified atom stereocenters. The molecule has 2 aromatic carbocycles. The summed E-state index contributed by atoms with van der Waals surface area (Å²) in [4.78, 5) is 2.32. The van der Waals surface area contributed by atoms with E-state index in [-0.39, 0.29) is 0 Å². The van der Waals surface area contributed by atoms with Crippen LogP contribution < -0.4 is 0 Å². The fourth-order valence-corrected chi connectivity index (χ4v) is 5.12. The average Bonchev–Trinajstić information content (AvgIpc) is 3.09. The summed E-state index contributed by atoms with van der Waals surface area (Å²) in [7, 11) is 4.34. The molecular formula is C20H25NO. The molecule has 0 saturated heterocycles. The van der Waals surface area contributed by atoms with Gasteiger partial charge in [0.25, 0.3) is 0 Å². The van der Waals surface area contributed by atoms with E-state index < -0.39 is 0 Å². The number of rotatable bonds is 3. The van der Waals surface area contributed by atoms with Gasteiger partial charge in [-0.05, 0) is 68.0 Å². The van der Waals surface area contributed by atoms with Crippen molar-refractivity contribution in [3.05, 3.63) is 42.0 Å². The van der Waals surface area contributed by atoms with Gasteiger partial charge in [-0.1, -0.05) is 36.4 Å². The maximum atomic E-state index is 10.9. The van der Waals surface area contributed by atoms with E-state index in [0.29, 0.717) is 17.6 Å². The van der Waals surface area contributed by atoms with Crippen LogP contribution in [0.15, 0.2) is 36.4 Å². The molecule has 2 saturated carbocycles. The van der Waals surface area contributed by atoms with Gasteiger partial charge in [-0.25, -0.2) is 0 Å². The van der Waals surface area contributed by atoms with Crippen LogP contribution in [0.1, 0.15) is 30.7 Å². The third kappa shape index (κ3) is 2.13. The first-order valence-corrected chi connectivity index (χ1v) is 8.50. The lowest BCUT2D eigenvalue weighted by Crippen LogP contribution is -2.30. The fraction of sp³-hybridized carbons (Fsp3) is 0.500. The van der Waals surface area contributed by atoms with Crippen molar-refractivity contribution in [2.45, 2.75) is 25.2 Å². The summed E-state index contributed by atoms with van der Waals surface area (Å²) in [5, 5.41) is 13.0. The molecule has 4 rings (SSSR count). The Labute approximate surface area is 132 Å². The Morgan fingerprint density at radius 1 is 1.05 bits per heavy atom. The van der Waals surface area contributed by atoms with Gasteiger partial charge in [0.05, 0.1) is 0 Å². The normalized spacial score (nSPS) is 30.5. The standard InChI is InChI=1S/C20H25NO/c1-21(2)12-18-14-7-8-15(11-14)19(18)17-10-9-13-5-3-4-6-16(13)20(17)22/h3-6,9-10,14-15,18-19,22H,7-8,11-12H2,1-2H3. The van der Waals surface area contributed by atoms with E-state index in [1.54, 1.807) is 0 Å². The van der Waals surface area contributed by atoms with E-state index in [1.807, 2.05) is 18.2 Å². The maximum absolute atomic E-state index is 10.9. The molecule has 2 bridgehead atoms. The summed E-state index contributed by atoms with van der Waals surface area (Å²) in [6.07, 6.45) is 4.08. The Hall–Kier alpha value is -1.54. The molecule has 2 aliphatic rings.